The van der Waals surface area contributed by atoms with Gasteiger partial charge in [-0.25, -0.2) is 0 Å². The van der Waals surface area contributed by atoms with Crippen molar-refractivity contribution < 1.29 is 5.11 Å². The van der Waals surface area contributed by atoms with E-state index in [0.29, 0.717) is 6.54 Å². The number of nitrogen functional groups attached to an aromatic ring is 1. The smallest absolute Gasteiger partial charge is 0.0914 e. The molecule has 0 aliphatic heterocycles. The minimum atomic E-state index is -0.464. The van der Waals surface area contributed by atoms with Crippen molar-refractivity contribution >= 4 is 5.69 Å². The predicted octanol–water partition coefficient (Wildman–Crippen LogP) is 2.13. The van der Waals surface area contributed by atoms with Gasteiger partial charge in [-0.3, -0.25) is 0 Å². The van der Waals surface area contributed by atoms with Gasteiger partial charge in [0.2, 0.25) is 0 Å². The van der Waals surface area contributed by atoms with E-state index in [-0.39, 0.29) is 0 Å². The molecule has 19 heavy (non-hydrogen) atoms. The maximum absolute atomic E-state index is 9.99. The number of aliphatic hydroxyl groups is 1. The molecule has 2 rings (SSSR count). The van der Waals surface area contributed by atoms with Crippen molar-refractivity contribution in [1.29, 1.82) is 0 Å². The van der Waals surface area contributed by atoms with Gasteiger partial charge in [0.05, 0.1) is 6.10 Å². The standard InChI is InChI=1S/C16H20N2O/c17-15-9-5-4-6-13(15)10-11-18-12-16(19)14-7-2-1-3-8-14/h1-9,16,18-19H,10-12,17H2/t16-/m0/s1. The van der Waals surface area contributed by atoms with Gasteiger partial charge in [-0.05, 0) is 30.2 Å². The molecule has 0 unspecified atom stereocenters. The zero-order valence-electron chi connectivity index (χ0n) is 10.9. The lowest BCUT2D eigenvalue weighted by molar-refractivity contribution is 0.175. The molecular weight excluding hydrogens is 236 g/mol. The zero-order chi connectivity index (χ0) is 13.5. The lowest BCUT2D eigenvalue weighted by Crippen LogP contribution is -2.23. The van der Waals surface area contributed by atoms with Crippen LogP contribution in [-0.4, -0.2) is 18.2 Å². The number of benzene rings is 2. The summed E-state index contributed by atoms with van der Waals surface area (Å²) < 4.78 is 0. The summed E-state index contributed by atoms with van der Waals surface area (Å²) in [6.45, 7) is 1.36. The average Bonchev–Trinajstić information content (AvgIpc) is 2.46. The predicted molar refractivity (Wildman–Crippen MR) is 78.8 cm³/mol. The fourth-order valence-corrected chi connectivity index (χ4v) is 2.02. The number of aliphatic hydroxyl groups excluding tert-OH is 1. The van der Waals surface area contributed by atoms with Crippen LogP contribution in [0.4, 0.5) is 5.69 Å². The molecule has 2 aromatic carbocycles. The first-order valence-corrected chi connectivity index (χ1v) is 6.54. The Kier molecular flexibility index (Phi) is 4.95. The molecule has 2 aromatic rings. The maximum Gasteiger partial charge on any atom is 0.0914 e. The molecule has 4 N–H and O–H groups in total. The summed E-state index contributed by atoms with van der Waals surface area (Å²) in [5, 5.41) is 13.2. The van der Waals surface area contributed by atoms with E-state index in [4.69, 9.17) is 5.73 Å². The number of rotatable bonds is 6. The second-order valence-corrected chi connectivity index (χ2v) is 4.58. The van der Waals surface area contributed by atoms with Gasteiger partial charge in [0.15, 0.2) is 0 Å². The molecular formula is C16H20N2O. The number of anilines is 1. The SMILES string of the molecule is Nc1ccccc1CCNC[C@H](O)c1ccccc1. The second-order valence-electron chi connectivity index (χ2n) is 4.58. The highest BCUT2D eigenvalue weighted by Crippen LogP contribution is 2.12. The molecule has 0 aliphatic rings. The highest BCUT2D eigenvalue weighted by molar-refractivity contribution is 5.46. The van der Waals surface area contributed by atoms with Crippen LogP contribution in [0.3, 0.4) is 0 Å². The summed E-state index contributed by atoms with van der Waals surface area (Å²) in [5.74, 6) is 0. The van der Waals surface area contributed by atoms with Gasteiger partial charge in [-0.2, -0.15) is 0 Å². The van der Waals surface area contributed by atoms with Gasteiger partial charge in [0.1, 0.15) is 0 Å². The highest BCUT2D eigenvalue weighted by Gasteiger charge is 2.05. The molecule has 1 atom stereocenters. The molecule has 0 amide bonds. The minimum absolute atomic E-state index is 0.464. The number of nitrogens with one attached hydrogen (secondary N) is 1. The van der Waals surface area contributed by atoms with Crippen LogP contribution < -0.4 is 11.1 Å². The molecule has 3 heteroatoms. The first-order valence-electron chi connectivity index (χ1n) is 6.54. The van der Waals surface area contributed by atoms with E-state index in [0.717, 1.165) is 29.8 Å². The van der Waals surface area contributed by atoms with Crippen LogP contribution in [-0.2, 0) is 6.42 Å². The van der Waals surface area contributed by atoms with Gasteiger partial charge in [0, 0.05) is 12.2 Å². The summed E-state index contributed by atoms with van der Waals surface area (Å²) in [6.07, 6.45) is 0.406. The van der Waals surface area contributed by atoms with Gasteiger partial charge in [0.25, 0.3) is 0 Å². The molecule has 100 valence electrons. The number of nitrogens with two attached hydrogens (primary N) is 1. The van der Waals surface area contributed by atoms with Crippen LogP contribution in [0.2, 0.25) is 0 Å². The Bertz CT molecular complexity index is 499. The van der Waals surface area contributed by atoms with Crippen molar-refractivity contribution in [3.8, 4) is 0 Å². The third kappa shape index (κ3) is 4.09. The monoisotopic (exact) mass is 256 g/mol. The molecule has 0 aliphatic carbocycles. The number of hydrogen-bond acceptors (Lipinski definition) is 3. The lowest BCUT2D eigenvalue weighted by Gasteiger charge is -2.12. The van der Waals surface area contributed by atoms with Crippen LogP contribution in [0.25, 0.3) is 0 Å². The van der Waals surface area contributed by atoms with E-state index >= 15 is 0 Å². The van der Waals surface area contributed by atoms with Crippen molar-refractivity contribution in [2.75, 3.05) is 18.8 Å². The van der Waals surface area contributed by atoms with Crippen molar-refractivity contribution in [3.63, 3.8) is 0 Å². The summed E-state index contributed by atoms with van der Waals surface area (Å²) in [5.41, 5.74) is 8.79. The summed E-state index contributed by atoms with van der Waals surface area (Å²) in [6, 6.07) is 17.5. The largest absolute Gasteiger partial charge is 0.399 e. The third-order valence-electron chi connectivity index (χ3n) is 3.15. The van der Waals surface area contributed by atoms with Crippen molar-refractivity contribution in [3.05, 3.63) is 65.7 Å². The normalized spacial score (nSPS) is 12.3. The molecule has 0 aromatic heterocycles. The van der Waals surface area contributed by atoms with E-state index < -0.39 is 6.10 Å². The number of para-hydroxylation sites is 1. The number of hydrogen-bond donors (Lipinski definition) is 3. The van der Waals surface area contributed by atoms with Gasteiger partial charge >= 0.3 is 0 Å². The quantitative estimate of drug-likeness (QED) is 0.548. The van der Waals surface area contributed by atoms with Crippen molar-refractivity contribution in [2.45, 2.75) is 12.5 Å². The highest BCUT2D eigenvalue weighted by atomic mass is 16.3. The van der Waals surface area contributed by atoms with E-state index in [1.165, 1.54) is 0 Å². The Balaban J connectivity index is 1.74. The summed E-state index contributed by atoms with van der Waals surface area (Å²) >= 11 is 0. The van der Waals surface area contributed by atoms with E-state index in [2.05, 4.69) is 5.32 Å². The van der Waals surface area contributed by atoms with E-state index in [1.54, 1.807) is 0 Å². The summed E-state index contributed by atoms with van der Waals surface area (Å²) in [7, 11) is 0. The minimum Gasteiger partial charge on any atom is -0.399 e. The first kappa shape index (κ1) is 13.6. The van der Waals surface area contributed by atoms with Crippen molar-refractivity contribution in [1.82, 2.24) is 5.32 Å². The fraction of sp³-hybridized carbons (Fsp3) is 0.250. The Hall–Kier alpha value is -1.84. The topological polar surface area (TPSA) is 58.3 Å². The van der Waals surface area contributed by atoms with Gasteiger partial charge < -0.3 is 16.2 Å². The van der Waals surface area contributed by atoms with Crippen LogP contribution in [0.15, 0.2) is 54.6 Å². The Morgan fingerprint density at radius 3 is 2.42 bits per heavy atom. The molecule has 3 nitrogen and oxygen atoms in total. The van der Waals surface area contributed by atoms with Crippen molar-refractivity contribution in [2.24, 2.45) is 0 Å². The molecule has 0 saturated heterocycles. The molecule has 0 fully saturated rings. The fourth-order valence-electron chi connectivity index (χ4n) is 2.02. The summed E-state index contributed by atoms with van der Waals surface area (Å²) in [4.78, 5) is 0. The molecule has 0 radical (unpaired) electrons. The van der Waals surface area contributed by atoms with Crippen LogP contribution in [0.1, 0.15) is 17.2 Å². The third-order valence-corrected chi connectivity index (χ3v) is 3.15. The Morgan fingerprint density at radius 2 is 1.68 bits per heavy atom. The molecule has 0 spiro atoms. The molecule has 0 bridgehead atoms. The van der Waals surface area contributed by atoms with Crippen LogP contribution in [0, 0.1) is 0 Å². The first-order chi connectivity index (χ1) is 9.27. The van der Waals surface area contributed by atoms with E-state index in [9.17, 15) is 5.11 Å². The van der Waals surface area contributed by atoms with Gasteiger partial charge in [-0.15, -0.1) is 0 Å². The zero-order valence-corrected chi connectivity index (χ0v) is 10.9. The maximum atomic E-state index is 9.99. The average molecular weight is 256 g/mol. The van der Waals surface area contributed by atoms with E-state index in [1.807, 2.05) is 54.6 Å². The second kappa shape index (κ2) is 6.92. The van der Waals surface area contributed by atoms with Crippen LogP contribution >= 0.6 is 0 Å². The van der Waals surface area contributed by atoms with Gasteiger partial charge in [-0.1, -0.05) is 48.5 Å². The van der Waals surface area contributed by atoms with Crippen LogP contribution in [0.5, 0.6) is 0 Å². The molecule has 0 saturated carbocycles. The Labute approximate surface area is 114 Å². The molecule has 0 heterocycles. The Morgan fingerprint density at radius 1 is 1.00 bits per heavy atom. The lowest BCUT2D eigenvalue weighted by atomic mass is 10.1.